The second-order valence-corrected chi connectivity index (χ2v) is 6.06. The molecule has 0 spiro atoms. The van der Waals surface area contributed by atoms with Crippen LogP contribution in [0.25, 0.3) is 11.0 Å². The molecule has 4 heteroatoms. The summed E-state index contributed by atoms with van der Waals surface area (Å²) in [5.74, 6) is 1.50. The molecule has 0 atom stereocenters. The van der Waals surface area contributed by atoms with Crippen molar-refractivity contribution in [3.63, 3.8) is 0 Å². The number of fused-ring (bicyclic) bond motifs is 1. The summed E-state index contributed by atoms with van der Waals surface area (Å²) in [6.07, 6.45) is 4.66. The highest BCUT2D eigenvalue weighted by molar-refractivity contribution is 5.79. The summed E-state index contributed by atoms with van der Waals surface area (Å²) in [5.41, 5.74) is 1.36. The van der Waals surface area contributed by atoms with E-state index in [1.54, 1.807) is 18.2 Å². The fraction of sp³-hybridized carbons (Fsp3) is 0.286. The van der Waals surface area contributed by atoms with Crippen LogP contribution in [0, 0.1) is 6.92 Å². The lowest BCUT2D eigenvalue weighted by atomic mass is 10.2. The quantitative estimate of drug-likeness (QED) is 0.537. The Kier molecular flexibility index (Phi) is 5.39. The van der Waals surface area contributed by atoms with Gasteiger partial charge in [0.2, 0.25) is 11.2 Å². The number of ether oxygens (including phenoxy) is 2. The third-order valence-electron chi connectivity index (χ3n) is 3.95. The van der Waals surface area contributed by atoms with Crippen molar-refractivity contribution >= 4 is 11.0 Å². The summed E-state index contributed by atoms with van der Waals surface area (Å²) in [6, 6.07) is 12.8. The average molecular weight is 338 g/mol. The lowest BCUT2D eigenvalue weighted by molar-refractivity contribution is 0.306. The van der Waals surface area contributed by atoms with Gasteiger partial charge in [0, 0.05) is 6.07 Å². The van der Waals surface area contributed by atoms with Crippen molar-refractivity contribution in [3.8, 4) is 17.2 Å². The highest BCUT2D eigenvalue weighted by atomic mass is 16.5. The Balaban J connectivity index is 1.81. The number of unbranched alkanes of at least 4 members (excludes halogenated alkanes) is 2. The van der Waals surface area contributed by atoms with Gasteiger partial charge in [0.05, 0.1) is 12.0 Å². The van der Waals surface area contributed by atoms with E-state index in [9.17, 15) is 4.79 Å². The smallest absolute Gasteiger partial charge is 0.235 e. The van der Waals surface area contributed by atoms with Crippen LogP contribution in [0.15, 0.2) is 57.9 Å². The maximum absolute atomic E-state index is 12.6. The minimum atomic E-state index is -0.194. The standard InChI is InChI=1S/C21H22O4/c1-3-4-5-11-23-16-9-10-18-19(13-16)24-14-20(21(18)22)25-17-8-6-7-15(2)12-17/h6-10,12-14H,3-5,11H2,1-2H3. The van der Waals surface area contributed by atoms with Crippen LogP contribution < -0.4 is 14.9 Å². The van der Waals surface area contributed by atoms with E-state index in [1.165, 1.54) is 6.26 Å². The topological polar surface area (TPSA) is 48.7 Å². The molecule has 0 aliphatic rings. The van der Waals surface area contributed by atoms with Gasteiger partial charge in [-0.05, 0) is 43.2 Å². The minimum absolute atomic E-state index is 0.176. The second-order valence-electron chi connectivity index (χ2n) is 6.06. The molecule has 0 aliphatic heterocycles. The Morgan fingerprint density at radius 2 is 1.92 bits per heavy atom. The van der Waals surface area contributed by atoms with Gasteiger partial charge in [-0.2, -0.15) is 0 Å². The van der Waals surface area contributed by atoms with E-state index in [2.05, 4.69) is 6.92 Å². The number of rotatable bonds is 7. The van der Waals surface area contributed by atoms with Crippen LogP contribution in [-0.2, 0) is 0 Å². The SMILES string of the molecule is CCCCCOc1ccc2c(=O)c(Oc3cccc(C)c3)coc2c1. The fourth-order valence-electron chi connectivity index (χ4n) is 2.60. The molecule has 0 fully saturated rings. The molecular formula is C21H22O4. The zero-order valence-electron chi connectivity index (χ0n) is 14.6. The first-order valence-corrected chi connectivity index (χ1v) is 8.60. The predicted molar refractivity (Wildman–Crippen MR) is 98.8 cm³/mol. The molecule has 1 heterocycles. The molecule has 0 amide bonds. The van der Waals surface area contributed by atoms with Crippen molar-refractivity contribution in [2.45, 2.75) is 33.1 Å². The van der Waals surface area contributed by atoms with Gasteiger partial charge in [0.25, 0.3) is 0 Å². The van der Waals surface area contributed by atoms with Gasteiger partial charge in [-0.1, -0.05) is 31.9 Å². The van der Waals surface area contributed by atoms with Gasteiger partial charge in [-0.3, -0.25) is 4.79 Å². The van der Waals surface area contributed by atoms with Crippen LogP contribution in [0.4, 0.5) is 0 Å². The first-order valence-electron chi connectivity index (χ1n) is 8.60. The molecular weight excluding hydrogens is 316 g/mol. The van der Waals surface area contributed by atoms with E-state index in [0.29, 0.717) is 29.1 Å². The Labute approximate surface area is 147 Å². The number of aryl methyl sites for hydroxylation is 1. The molecule has 130 valence electrons. The summed E-state index contributed by atoms with van der Waals surface area (Å²) in [6.45, 7) is 4.79. The van der Waals surface area contributed by atoms with Crippen LogP contribution in [0.5, 0.6) is 17.2 Å². The fourth-order valence-corrected chi connectivity index (χ4v) is 2.60. The molecule has 2 aromatic carbocycles. The largest absolute Gasteiger partial charge is 0.493 e. The summed E-state index contributed by atoms with van der Waals surface area (Å²) in [7, 11) is 0. The number of benzene rings is 2. The van der Waals surface area contributed by atoms with E-state index in [0.717, 1.165) is 24.8 Å². The first kappa shape index (κ1) is 17.1. The molecule has 1 aromatic heterocycles. The van der Waals surface area contributed by atoms with Gasteiger partial charge < -0.3 is 13.9 Å². The summed E-state index contributed by atoms with van der Waals surface area (Å²) < 4.78 is 17.0. The van der Waals surface area contributed by atoms with Crippen LogP contribution in [0.2, 0.25) is 0 Å². The lowest BCUT2D eigenvalue weighted by Crippen LogP contribution is -2.05. The lowest BCUT2D eigenvalue weighted by Gasteiger charge is -2.08. The van der Waals surface area contributed by atoms with Crippen molar-refractivity contribution in [1.29, 1.82) is 0 Å². The minimum Gasteiger partial charge on any atom is -0.493 e. The van der Waals surface area contributed by atoms with Crippen LogP contribution in [-0.4, -0.2) is 6.61 Å². The van der Waals surface area contributed by atoms with Gasteiger partial charge in [-0.15, -0.1) is 0 Å². The molecule has 0 aliphatic carbocycles. The van der Waals surface area contributed by atoms with Crippen molar-refractivity contribution in [2.24, 2.45) is 0 Å². The summed E-state index contributed by atoms with van der Waals surface area (Å²) >= 11 is 0. The van der Waals surface area contributed by atoms with Crippen molar-refractivity contribution < 1.29 is 13.9 Å². The second kappa shape index (κ2) is 7.88. The van der Waals surface area contributed by atoms with Gasteiger partial charge in [0.1, 0.15) is 23.3 Å². The molecule has 0 saturated heterocycles. The zero-order chi connectivity index (χ0) is 17.6. The van der Waals surface area contributed by atoms with E-state index >= 15 is 0 Å². The summed E-state index contributed by atoms with van der Waals surface area (Å²) in [5, 5.41) is 0.478. The number of hydrogen-bond acceptors (Lipinski definition) is 4. The third-order valence-corrected chi connectivity index (χ3v) is 3.95. The number of hydrogen-bond donors (Lipinski definition) is 0. The van der Waals surface area contributed by atoms with Crippen molar-refractivity contribution in [1.82, 2.24) is 0 Å². The highest BCUT2D eigenvalue weighted by Crippen LogP contribution is 2.24. The zero-order valence-corrected chi connectivity index (χ0v) is 14.6. The van der Waals surface area contributed by atoms with Crippen LogP contribution in [0.3, 0.4) is 0 Å². The molecule has 0 radical (unpaired) electrons. The molecule has 3 aromatic rings. The van der Waals surface area contributed by atoms with Crippen molar-refractivity contribution in [2.75, 3.05) is 6.61 Å². The van der Waals surface area contributed by atoms with Crippen molar-refractivity contribution in [3.05, 3.63) is 64.5 Å². The van der Waals surface area contributed by atoms with Crippen LogP contribution in [0.1, 0.15) is 31.7 Å². The normalized spacial score (nSPS) is 10.8. The van der Waals surface area contributed by atoms with E-state index in [1.807, 2.05) is 31.2 Å². The first-order chi connectivity index (χ1) is 12.2. The molecule has 0 N–H and O–H groups in total. The molecule has 3 rings (SSSR count). The Bertz CT molecular complexity index is 911. The molecule has 0 unspecified atom stereocenters. The van der Waals surface area contributed by atoms with E-state index < -0.39 is 0 Å². The molecule has 4 nitrogen and oxygen atoms in total. The predicted octanol–water partition coefficient (Wildman–Crippen LogP) is 5.46. The average Bonchev–Trinajstić information content (AvgIpc) is 2.61. The summed E-state index contributed by atoms with van der Waals surface area (Å²) in [4.78, 5) is 12.6. The Hall–Kier alpha value is -2.75. The molecule has 0 saturated carbocycles. The highest BCUT2D eigenvalue weighted by Gasteiger charge is 2.10. The van der Waals surface area contributed by atoms with E-state index in [4.69, 9.17) is 13.9 Å². The monoisotopic (exact) mass is 338 g/mol. The Morgan fingerprint density at radius 3 is 2.72 bits per heavy atom. The molecule has 25 heavy (non-hydrogen) atoms. The van der Waals surface area contributed by atoms with Gasteiger partial charge in [-0.25, -0.2) is 0 Å². The maximum Gasteiger partial charge on any atom is 0.235 e. The maximum atomic E-state index is 12.6. The van der Waals surface area contributed by atoms with Crippen LogP contribution >= 0.6 is 0 Å². The van der Waals surface area contributed by atoms with Gasteiger partial charge in [0.15, 0.2) is 0 Å². The third kappa shape index (κ3) is 4.21. The van der Waals surface area contributed by atoms with Gasteiger partial charge >= 0.3 is 0 Å². The van der Waals surface area contributed by atoms with E-state index in [-0.39, 0.29) is 11.2 Å². The molecule has 0 bridgehead atoms. The Morgan fingerprint density at radius 1 is 1.04 bits per heavy atom.